The summed E-state index contributed by atoms with van der Waals surface area (Å²) in [5.41, 5.74) is 0. The smallest absolute Gasteiger partial charge is 0.309 e. The summed E-state index contributed by atoms with van der Waals surface area (Å²) in [4.78, 5) is 11.6. The quantitative estimate of drug-likeness (QED) is 0.439. The number of alkyl halides is 1. The lowest BCUT2D eigenvalue weighted by Crippen LogP contribution is -2.23. The van der Waals surface area contributed by atoms with Gasteiger partial charge in [0.05, 0.1) is 24.7 Å². The molecule has 0 saturated heterocycles. The van der Waals surface area contributed by atoms with Gasteiger partial charge in [0, 0.05) is 3.92 Å². The molecule has 0 aliphatic heterocycles. The third-order valence-corrected chi connectivity index (χ3v) is 4.34. The molecule has 4 atom stereocenters. The molecule has 0 aromatic rings. The standard InChI is InChI=1S/C12H21IO3/c1-4-8(3)16-11-7-9(6-10(11)13)12(14)15-5-2/h8-11H,4-7H2,1-3H3. The van der Waals surface area contributed by atoms with E-state index in [1.54, 1.807) is 0 Å². The summed E-state index contributed by atoms with van der Waals surface area (Å²) in [5, 5.41) is 0. The van der Waals surface area contributed by atoms with Gasteiger partial charge in [-0.05, 0) is 33.1 Å². The molecule has 0 heterocycles. The van der Waals surface area contributed by atoms with Crippen LogP contribution in [0.5, 0.6) is 0 Å². The third-order valence-electron chi connectivity index (χ3n) is 3.03. The van der Waals surface area contributed by atoms with E-state index in [2.05, 4.69) is 36.4 Å². The van der Waals surface area contributed by atoms with Crippen molar-refractivity contribution in [3.05, 3.63) is 0 Å². The molecule has 1 rings (SSSR count). The molecule has 1 aliphatic rings. The van der Waals surface area contributed by atoms with E-state index in [9.17, 15) is 4.79 Å². The molecule has 0 N–H and O–H groups in total. The Morgan fingerprint density at radius 2 is 2.12 bits per heavy atom. The summed E-state index contributed by atoms with van der Waals surface area (Å²) in [6.07, 6.45) is 3.22. The zero-order valence-electron chi connectivity index (χ0n) is 10.2. The monoisotopic (exact) mass is 340 g/mol. The highest BCUT2D eigenvalue weighted by Gasteiger charge is 2.38. The summed E-state index contributed by atoms with van der Waals surface area (Å²) >= 11 is 2.39. The first kappa shape index (κ1) is 14.2. The van der Waals surface area contributed by atoms with Gasteiger partial charge < -0.3 is 9.47 Å². The van der Waals surface area contributed by atoms with Crippen molar-refractivity contribution in [3.8, 4) is 0 Å². The minimum Gasteiger partial charge on any atom is -0.466 e. The average molecular weight is 340 g/mol. The van der Waals surface area contributed by atoms with Crippen LogP contribution in [-0.2, 0) is 14.3 Å². The van der Waals surface area contributed by atoms with Crippen LogP contribution in [0.3, 0.4) is 0 Å². The Hall–Kier alpha value is 0.160. The number of hydrogen-bond donors (Lipinski definition) is 0. The van der Waals surface area contributed by atoms with Gasteiger partial charge in [0.2, 0.25) is 0 Å². The Morgan fingerprint density at radius 3 is 2.69 bits per heavy atom. The first-order chi connectivity index (χ1) is 7.58. The van der Waals surface area contributed by atoms with Gasteiger partial charge >= 0.3 is 5.97 Å². The lowest BCUT2D eigenvalue weighted by Gasteiger charge is -2.19. The molecule has 4 unspecified atom stereocenters. The van der Waals surface area contributed by atoms with Crippen molar-refractivity contribution in [1.29, 1.82) is 0 Å². The largest absolute Gasteiger partial charge is 0.466 e. The fraction of sp³-hybridized carbons (Fsp3) is 0.917. The second kappa shape index (κ2) is 6.79. The van der Waals surface area contributed by atoms with Crippen LogP contribution in [0, 0.1) is 5.92 Å². The molecule has 0 aromatic heterocycles. The minimum atomic E-state index is -0.0561. The molecule has 0 amide bonds. The second-order valence-electron chi connectivity index (χ2n) is 4.33. The second-order valence-corrected chi connectivity index (χ2v) is 5.93. The topological polar surface area (TPSA) is 35.5 Å². The van der Waals surface area contributed by atoms with Crippen molar-refractivity contribution in [2.75, 3.05) is 6.61 Å². The number of rotatable bonds is 5. The van der Waals surface area contributed by atoms with E-state index in [4.69, 9.17) is 9.47 Å². The van der Waals surface area contributed by atoms with E-state index in [1.165, 1.54) is 0 Å². The van der Waals surface area contributed by atoms with Gasteiger partial charge in [0.15, 0.2) is 0 Å². The van der Waals surface area contributed by atoms with Gasteiger partial charge in [0.25, 0.3) is 0 Å². The number of carbonyl (C=O) groups excluding carboxylic acids is 1. The highest BCUT2D eigenvalue weighted by atomic mass is 127. The maximum absolute atomic E-state index is 11.6. The van der Waals surface area contributed by atoms with Gasteiger partial charge in [-0.1, -0.05) is 29.5 Å². The maximum atomic E-state index is 11.6. The number of esters is 1. The van der Waals surface area contributed by atoms with Crippen molar-refractivity contribution in [2.45, 2.75) is 56.2 Å². The highest BCUT2D eigenvalue weighted by molar-refractivity contribution is 14.1. The molecule has 1 saturated carbocycles. The molecule has 16 heavy (non-hydrogen) atoms. The Bertz CT molecular complexity index is 232. The van der Waals surface area contributed by atoms with Gasteiger partial charge in [-0.3, -0.25) is 4.79 Å². The molecule has 4 heteroatoms. The molecule has 0 bridgehead atoms. The van der Waals surface area contributed by atoms with Crippen LogP contribution >= 0.6 is 22.6 Å². The first-order valence-corrected chi connectivity index (χ1v) is 7.29. The summed E-state index contributed by atoms with van der Waals surface area (Å²) in [6, 6.07) is 0. The van der Waals surface area contributed by atoms with Crippen molar-refractivity contribution in [1.82, 2.24) is 0 Å². The maximum Gasteiger partial charge on any atom is 0.309 e. The minimum absolute atomic E-state index is 0.0379. The molecule has 1 fully saturated rings. The predicted octanol–water partition coefficient (Wildman–Crippen LogP) is 2.95. The van der Waals surface area contributed by atoms with Crippen LogP contribution in [0.25, 0.3) is 0 Å². The van der Waals surface area contributed by atoms with Crippen LogP contribution in [0.4, 0.5) is 0 Å². The Labute approximate surface area is 111 Å². The van der Waals surface area contributed by atoms with E-state index in [1.807, 2.05) is 6.92 Å². The van der Waals surface area contributed by atoms with Crippen LogP contribution in [0.2, 0.25) is 0 Å². The van der Waals surface area contributed by atoms with Crippen molar-refractivity contribution < 1.29 is 14.3 Å². The fourth-order valence-electron chi connectivity index (χ4n) is 1.94. The Balaban J connectivity index is 2.43. The molecule has 0 radical (unpaired) electrons. The normalized spacial score (nSPS) is 31.4. The summed E-state index contributed by atoms with van der Waals surface area (Å²) in [7, 11) is 0. The summed E-state index contributed by atoms with van der Waals surface area (Å²) < 4.78 is 11.4. The van der Waals surface area contributed by atoms with Crippen molar-refractivity contribution >= 4 is 28.6 Å². The lowest BCUT2D eigenvalue weighted by molar-refractivity contribution is -0.148. The van der Waals surface area contributed by atoms with Gasteiger partial charge in [-0.2, -0.15) is 0 Å². The zero-order valence-corrected chi connectivity index (χ0v) is 12.4. The number of halogens is 1. The molecule has 0 spiro atoms. The molecular weight excluding hydrogens is 319 g/mol. The molecular formula is C12H21IO3. The molecule has 3 nitrogen and oxygen atoms in total. The van der Waals surface area contributed by atoms with Crippen molar-refractivity contribution in [2.24, 2.45) is 5.92 Å². The summed E-state index contributed by atoms with van der Waals surface area (Å²) in [6.45, 7) is 6.52. The number of hydrogen-bond acceptors (Lipinski definition) is 3. The van der Waals surface area contributed by atoms with Crippen LogP contribution in [0.15, 0.2) is 0 Å². The lowest BCUT2D eigenvalue weighted by atomic mass is 10.1. The molecule has 1 aliphatic carbocycles. The predicted molar refractivity (Wildman–Crippen MR) is 71.8 cm³/mol. The SMILES string of the molecule is CCOC(=O)C1CC(I)C(OC(C)CC)C1. The van der Waals surface area contributed by atoms with E-state index in [0.29, 0.717) is 10.5 Å². The Morgan fingerprint density at radius 1 is 1.44 bits per heavy atom. The van der Waals surface area contributed by atoms with Gasteiger partial charge in [0.1, 0.15) is 0 Å². The molecule has 94 valence electrons. The molecule has 0 aromatic carbocycles. The van der Waals surface area contributed by atoms with Crippen LogP contribution < -0.4 is 0 Å². The van der Waals surface area contributed by atoms with E-state index in [0.717, 1.165) is 19.3 Å². The van der Waals surface area contributed by atoms with E-state index in [-0.39, 0.29) is 24.1 Å². The zero-order chi connectivity index (χ0) is 12.1. The summed E-state index contributed by atoms with van der Waals surface area (Å²) in [5.74, 6) is -0.0182. The van der Waals surface area contributed by atoms with E-state index < -0.39 is 0 Å². The average Bonchev–Trinajstić information content (AvgIpc) is 2.61. The first-order valence-electron chi connectivity index (χ1n) is 6.04. The Kier molecular flexibility index (Phi) is 6.03. The fourth-order valence-corrected chi connectivity index (χ4v) is 3.01. The number of ether oxygens (including phenoxy) is 2. The number of carbonyl (C=O) groups is 1. The van der Waals surface area contributed by atoms with Gasteiger partial charge in [-0.25, -0.2) is 0 Å². The third kappa shape index (κ3) is 3.87. The van der Waals surface area contributed by atoms with E-state index >= 15 is 0 Å². The van der Waals surface area contributed by atoms with Crippen LogP contribution in [-0.4, -0.2) is 28.7 Å². The van der Waals surface area contributed by atoms with Crippen molar-refractivity contribution in [3.63, 3.8) is 0 Å². The van der Waals surface area contributed by atoms with Crippen LogP contribution in [0.1, 0.15) is 40.0 Å². The highest BCUT2D eigenvalue weighted by Crippen LogP contribution is 2.35. The van der Waals surface area contributed by atoms with Gasteiger partial charge in [-0.15, -0.1) is 0 Å².